The first-order chi connectivity index (χ1) is 10.5. The zero-order valence-corrected chi connectivity index (χ0v) is 13.7. The topological polar surface area (TPSA) is 38.3 Å². The van der Waals surface area contributed by atoms with Crippen LogP contribution in [-0.4, -0.2) is 13.0 Å². The fourth-order valence-corrected chi connectivity index (χ4v) is 2.52. The van der Waals surface area contributed by atoms with Crippen LogP contribution in [0.5, 0.6) is 5.75 Å². The predicted octanol–water partition coefficient (Wildman–Crippen LogP) is 4.19. The molecule has 0 radical (unpaired) electrons. The van der Waals surface area contributed by atoms with E-state index in [1.54, 1.807) is 7.11 Å². The molecule has 0 aliphatic carbocycles. The fraction of sp³-hybridized carbons (Fsp3) is 0.316. The molecule has 2 aromatic carbocycles. The predicted molar refractivity (Wildman–Crippen MR) is 90.6 cm³/mol. The molecule has 3 nitrogen and oxygen atoms in total. The molecule has 0 atom stereocenters. The number of hydrogen-bond acceptors (Lipinski definition) is 2. The Kier molecular flexibility index (Phi) is 5.21. The molecule has 0 aromatic heterocycles. The summed E-state index contributed by atoms with van der Waals surface area (Å²) in [6, 6.07) is 12.1. The summed E-state index contributed by atoms with van der Waals surface area (Å²) in [6.07, 6.45) is 1.20. The summed E-state index contributed by atoms with van der Waals surface area (Å²) < 4.78 is 5.25. The molecule has 0 bridgehead atoms. The highest BCUT2D eigenvalue weighted by atomic mass is 16.5. The van der Waals surface area contributed by atoms with Crippen LogP contribution in [0.25, 0.3) is 0 Å². The molecule has 0 saturated heterocycles. The molecule has 0 saturated carbocycles. The Morgan fingerprint density at radius 2 is 1.82 bits per heavy atom. The minimum Gasteiger partial charge on any atom is -0.496 e. The van der Waals surface area contributed by atoms with Gasteiger partial charge in [0.15, 0.2) is 0 Å². The molecule has 0 unspecified atom stereocenters. The van der Waals surface area contributed by atoms with Crippen LogP contribution in [0.4, 0.5) is 5.69 Å². The summed E-state index contributed by atoms with van der Waals surface area (Å²) >= 11 is 0. The normalized spacial score (nSPS) is 10.4. The van der Waals surface area contributed by atoms with Crippen molar-refractivity contribution in [2.45, 2.75) is 33.6 Å². The van der Waals surface area contributed by atoms with Crippen molar-refractivity contribution in [1.29, 1.82) is 0 Å². The van der Waals surface area contributed by atoms with Crippen molar-refractivity contribution in [3.63, 3.8) is 0 Å². The number of carbonyl (C=O) groups excluding carboxylic acids is 1. The van der Waals surface area contributed by atoms with E-state index in [-0.39, 0.29) is 5.91 Å². The number of carbonyl (C=O) groups is 1. The zero-order chi connectivity index (χ0) is 16.1. The van der Waals surface area contributed by atoms with Crippen LogP contribution < -0.4 is 10.1 Å². The average Bonchev–Trinajstić information content (AvgIpc) is 2.48. The molecule has 2 aromatic rings. The molecule has 1 amide bonds. The number of hydrogen-bond donors (Lipinski definition) is 1. The van der Waals surface area contributed by atoms with Crippen molar-refractivity contribution in [3.8, 4) is 5.75 Å². The summed E-state index contributed by atoms with van der Waals surface area (Å²) in [4.78, 5) is 12.1. The highest BCUT2D eigenvalue weighted by Gasteiger charge is 2.06. The molecule has 2 rings (SSSR count). The highest BCUT2D eigenvalue weighted by Crippen LogP contribution is 2.20. The number of aryl methyl sites for hydroxylation is 4. The van der Waals surface area contributed by atoms with E-state index in [2.05, 4.69) is 17.4 Å². The Morgan fingerprint density at radius 3 is 2.45 bits per heavy atom. The Hall–Kier alpha value is -2.29. The van der Waals surface area contributed by atoms with E-state index in [0.29, 0.717) is 6.42 Å². The summed E-state index contributed by atoms with van der Waals surface area (Å²) in [5, 5.41) is 2.98. The van der Waals surface area contributed by atoms with E-state index in [9.17, 15) is 4.79 Å². The van der Waals surface area contributed by atoms with E-state index in [1.165, 1.54) is 5.56 Å². The second-order valence-corrected chi connectivity index (χ2v) is 5.67. The maximum Gasteiger partial charge on any atom is 0.224 e. The number of rotatable bonds is 5. The lowest BCUT2D eigenvalue weighted by Crippen LogP contribution is -2.13. The van der Waals surface area contributed by atoms with Crippen LogP contribution in [0.1, 0.15) is 28.7 Å². The quantitative estimate of drug-likeness (QED) is 0.898. The van der Waals surface area contributed by atoms with Gasteiger partial charge in [0.25, 0.3) is 0 Å². The average molecular weight is 297 g/mol. The Morgan fingerprint density at radius 1 is 1.05 bits per heavy atom. The van der Waals surface area contributed by atoms with E-state index in [1.807, 2.05) is 45.0 Å². The summed E-state index contributed by atoms with van der Waals surface area (Å²) in [5.41, 5.74) is 5.42. The van der Waals surface area contributed by atoms with Crippen molar-refractivity contribution in [1.82, 2.24) is 0 Å². The summed E-state index contributed by atoms with van der Waals surface area (Å²) in [5.74, 6) is 0.920. The number of anilines is 1. The van der Waals surface area contributed by atoms with Crippen molar-refractivity contribution in [2.75, 3.05) is 12.4 Å². The summed E-state index contributed by atoms with van der Waals surface area (Å²) in [7, 11) is 1.67. The zero-order valence-electron chi connectivity index (χ0n) is 13.7. The second-order valence-electron chi connectivity index (χ2n) is 5.67. The van der Waals surface area contributed by atoms with Crippen LogP contribution in [0.15, 0.2) is 36.4 Å². The molecule has 0 aliphatic rings. The van der Waals surface area contributed by atoms with E-state index < -0.39 is 0 Å². The minimum absolute atomic E-state index is 0.0421. The van der Waals surface area contributed by atoms with Gasteiger partial charge in [0.05, 0.1) is 7.11 Å². The van der Waals surface area contributed by atoms with Gasteiger partial charge in [-0.25, -0.2) is 0 Å². The van der Waals surface area contributed by atoms with Gasteiger partial charge in [0, 0.05) is 12.1 Å². The lowest BCUT2D eigenvalue weighted by Gasteiger charge is -2.10. The SMILES string of the molecule is COc1ccc(CCC(=O)Nc2ccc(C)cc2C)cc1C. The van der Waals surface area contributed by atoms with Gasteiger partial charge in [-0.3, -0.25) is 4.79 Å². The van der Waals surface area contributed by atoms with Crippen molar-refractivity contribution < 1.29 is 9.53 Å². The Labute approximate surface area is 132 Å². The van der Waals surface area contributed by atoms with Crippen molar-refractivity contribution in [2.24, 2.45) is 0 Å². The molecule has 22 heavy (non-hydrogen) atoms. The third-order valence-corrected chi connectivity index (χ3v) is 3.76. The lowest BCUT2D eigenvalue weighted by molar-refractivity contribution is -0.116. The van der Waals surface area contributed by atoms with Gasteiger partial charge < -0.3 is 10.1 Å². The Balaban J connectivity index is 1.94. The van der Waals surface area contributed by atoms with Gasteiger partial charge in [-0.05, 0) is 56.0 Å². The van der Waals surface area contributed by atoms with Crippen LogP contribution >= 0.6 is 0 Å². The molecule has 0 aliphatic heterocycles. The van der Waals surface area contributed by atoms with Gasteiger partial charge in [-0.15, -0.1) is 0 Å². The fourth-order valence-electron chi connectivity index (χ4n) is 2.52. The standard InChI is InChI=1S/C19H23NO2/c1-13-5-8-17(14(2)11-13)20-19(21)10-7-16-6-9-18(22-4)15(3)12-16/h5-6,8-9,11-12H,7,10H2,1-4H3,(H,20,21). The molecule has 0 heterocycles. The van der Waals surface area contributed by atoms with Gasteiger partial charge in [-0.2, -0.15) is 0 Å². The minimum atomic E-state index is 0.0421. The monoisotopic (exact) mass is 297 g/mol. The number of amides is 1. The van der Waals surface area contributed by atoms with Gasteiger partial charge in [0.2, 0.25) is 5.91 Å². The van der Waals surface area contributed by atoms with Crippen LogP contribution in [0, 0.1) is 20.8 Å². The van der Waals surface area contributed by atoms with Crippen molar-refractivity contribution >= 4 is 11.6 Å². The molecule has 116 valence electrons. The van der Waals surface area contributed by atoms with Crippen LogP contribution in [-0.2, 0) is 11.2 Å². The van der Waals surface area contributed by atoms with Crippen molar-refractivity contribution in [3.05, 3.63) is 58.7 Å². The lowest BCUT2D eigenvalue weighted by atomic mass is 10.1. The summed E-state index contributed by atoms with van der Waals surface area (Å²) in [6.45, 7) is 6.07. The van der Waals surface area contributed by atoms with Gasteiger partial charge in [-0.1, -0.05) is 29.8 Å². The van der Waals surface area contributed by atoms with Gasteiger partial charge >= 0.3 is 0 Å². The maximum atomic E-state index is 12.1. The molecule has 0 fully saturated rings. The number of ether oxygens (including phenoxy) is 1. The maximum absolute atomic E-state index is 12.1. The first-order valence-corrected chi connectivity index (χ1v) is 7.50. The van der Waals surface area contributed by atoms with E-state index in [4.69, 9.17) is 4.74 Å². The first kappa shape index (κ1) is 16.1. The Bertz CT molecular complexity index is 677. The smallest absolute Gasteiger partial charge is 0.224 e. The first-order valence-electron chi connectivity index (χ1n) is 7.50. The third-order valence-electron chi connectivity index (χ3n) is 3.76. The van der Waals surface area contributed by atoms with E-state index in [0.717, 1.165) is 34.5 Å². The molecular formula is C19H23NO2. The molecule has 3 heteroatoms. The van der Waals surface area contributed by atoms with Gasteiger partial charge in [0.1, 0.15) is 5.75 Å². The third kappa shape index (κ3) is 4.10. The highest BCUT2D eigenvalue weighted by molar-refractivity contribution is 5.91. The molecular weight excluding hydrogens is 274 g/mol. The largest absolute Gasteiger partial charge is 0.496 e. The molecule has 1 N–H and O–H groups in total. The van der Waals surface area contributed by atoms with Crippen LogP contribution in [0.3, 0.4) is 0 Å². The van der Waals surface area contributed by atoms with E-state index >= 15 is 0 Å². The number of benzene rings is 2. The number of nitrogens with one attached hydrogen (secondary N) is 1. The number of methoxy groups -OCH3 is 1. The second kappa shape index (κ2) is 7.12. The van der Waals surface area contributed by atoms with Crippen LogP contribution in [0.2, 0.25) is 0 Å². The molecule has 0 spiro atoms.